The van der Waals surface area contributed by atoms with Gasteiger partial charge in [-0.25, -0.2) is 0 Å². The minimum atomic E-state index is -1.11. The molecule has 0 fully saturated rings. The molecule has 0 aromatic carbocycles. The number of hydrogen-bond acceptors (Lipinski definition) is 2. The van der Waals surface area contributed by atoms with Gasteiger partial charge in [0.25, 0.3) is 0 Å². The van der Waals surface area contributed by atoms with Crippen LogP contribution >= 0.6 is 0 Å². The summed E-state index contributed by atoms with van der Waals surface area (Å²) in [6.45, 7) is 5.45. The Bertz CT molecular complexity index is 247. The third-order valence-corrected chi connectivity index (χ3v) is 2.66. The van der Waals surface area contributed by atoms with Crippen molar-refractivity contribution in [2.75, 3.05) is 0 Å². The van der Waals surface area contributed by atoms with Crippen LogP contribution in [0.1, 0.15) is 39.0 Å². The molecule has 4 heteroatoms. The molecule has 4 nitrogen and oxygen atoms in total. The first-order valence-corrected chi connectivity index (χ1v) is 5.62. The Kier molecular flexibility index (Phi) is 7.25. The zero-order chi connectivity index (χ0) is 12.6. The zero-order valence-electron chi connectivity index (χ0n) is 9.69. The molecular formula is C12H20O4. The Morgan fingerprint density at radius 3 is 2.19 bits per heavy atom. The summed E-state index contributed by atoms with van der Waals surface area (Å²) < 4.78 is 0. The molecule has 0 saturated carbocycles. The summed E-state index contributed by atoms with van der Waals surface area (Å²) in [7, 11) is 0. The van der Waals surface area contributed by atoms with E-state index in [-0.39, 0.29) is 0 Å². The highest BCUT2D eigenvalue weighted by molar-refractivity contribution is 5.81. The van der Waals surface area contributed by atoms with Crippen molar-refractivity contribution in [1.82, 2.24) is 0 Å². The number of unbranched alkanes of at least 4 members (excludes halogenated alkanes) is 3. The first-order valence-electron chi connectivity index (χ1n) is 5.62. The van der Waals surface area contributed by atoms with Gasteiger partial charge in [-0.15, -0.1) is 6.58 Å². The molecular weight excluding hydrogens is 208 g/mol. The zero-order valence-corrected chi connectivity index (χ0v) is 9.69. The molecule has 2 unspecified atom stereocenters. The summed E-state index contributed by atoms with van der Waals surface area (Å²) in [6, 6.07) is 0. The average molecular weight is 228 g/mol. The van der Waals surface area contributed by atoms with E-state index in [2.05, 4.69) is 13.5 Å². The maximum absolute atomic E-state index is 11.0. The van der Waals surface area contributed by atoms with Gasteiger partial charge in [0.1, 0.15) is 0 Å². The van der Waals surface area contributed by atoms with Crippen LogP contribution in [0.15, 0.2) is 12.7 Å². The molecule has 2 atom stereocenters. The van der Waals surface area contributed by atoms with Gasteiger partial charge in [0.15, 0.2) is 0 Å². The number of rotatable bonds is 9. The molecule has 16 heavy (non-hydrogen) atoms. The molecule has 0 rings (SSSR count). The largest absolute Gasteiger partial charge is 0.481 e. The molecule has 0 aliphatic carbocycles. The second-order valence-electron chi connectivity index (χ2n) is 3.89. The van der Waals surface area contributed by atoms with Crippen LogP contribution in [-0.2, 0) is 9.59 Å². The fraction of sp³-hybridized carbons (Fsp3) is 0.667. The monoisotopic (exact) mass is 228 g/mol. The number of carboxylic acids is 2. The van der Waals surface area contributed by atoms with E-state index in [0.717, 1.165) is 25.7 Å². The molecule has 92 valence electrons. The fourth-order valence-electron chi connectivity index (χ4n) is 1.68. The van der Waals surface area contributed by atoms with E-state index in [1.54, 1.807) is 0 Å². The van der Waals surface area contributed by atoms with Crippen molar-refractivity contribution in [3.63, 3.8) is 0 Å². The van der Waals surface area contributed by atoms with E-state index < -0.39 is 23.8 Å². The van der Waals surface area contributed by atoms with Gasteiger partial charge in [-0.1, -0.05) is 38.7 Å². The summed E-state index contributed by atoms with van der Waals surface area (Å²) in [5.74, 6) is -4.01. The molecule has 0 heterocycles. The second kappa shape index (κ2) is 7.91. The van der Waals surface area contributed by atoms with Crippen molar-refractivity contribution < 1.29 is 19.8 Å². The van der Waals surface area contributed by atoms with Gasteiger partial charge >= 0.3 is 11.9 Å². The highest BCUT2D eigenvalue weighted by Gasteiger charge is 2.30. The van der Waals surface area contributed by atoms with Crippen LogP contribution in [0.3, 0.4) is 0 Å². The summed E-state index contributed by atoms with van der Waals surface area (Å²) >= 11 is 0. The van der Waals surface area contributed by atoms with Crippen LogP contribution in [-0.4, -0.2) is 22.2 Å². The molecule has 0 saturated heterocycles. The molecule has 0 aliphatic heterocycles. The van der Waals surface area contributed by atoms with Gasteiger partial charge in [-0.3, -0.25) is 9.59 Å². The van der Waals surface area contributed by atoms with Crippen molar-refractivity contribution in [2.24, 2.45) is 11.8 Å². The number of carbonyl (C=O) groups is 2. The standard InChI is InChI=1S/C12H20O4/c1-3-5-6-7-8-10(12(15)16)9(4-2)11(13)14/h4,9-10H,2-3,5-8H2,1H3,(H,13,14)(H,15,16). The van der Waals surface area contributed by atoms with Gasteiger partial charge < -0.3 is 10.2 Å². The molecule has 2 N–H and O–H groups in total. The van der Waals surface area contributed by atoms with E-state index in [0.29, 0.717) is 6.42 Å². The molecule has 0 bridgehead atoms. The first kappa shape index (κ1) is 14.7. The predicted octanol–water partition coefficient (Wildman–Crippen LogP) is 2.54. The van der Waals surface area contributed by atoms with Gasteiger partial charge in [-0.05, 0) is 6.42 Å². The van der Waals surface area contributed by atoms with E-state index >= 15 is 0 Å². The minimum absolute atomic E-state index is 0.401. The van der Waals surface area contributed by atoms with Gasteiger partial charge in [0.2, 0.25) is 0 Å². The summed E-state index contributed by atoms with van der Waals surface area (Å²) in [6.07, 6.45) is 5.44. The maximum atomic E-state index is 11.0. The fourth-order valence-corrected chi connectivity index (χ4v) is 1.68. The SMILES string of the molecule is C=CC(C(=O)O)C(CCCCCC)C(=O)O. The van der Waals surface area contributed by atoms with Crippen LogP contribution in [0, 0.1) is 11.8 Å². The van der Waals surface area contributed by atoms with Crippen molar-refractivity contribution in [2.45, 2.75) is 39.0 Å². The quantitative estimate of drug-likeness (QED) is 0.469. The molecule has 0 aromatic heterocycles. The lowest BCUT2D eigenvalue weighted by Crippen LogP contribution is -2.28. The Labute approximate surface area is 96.0 Å². The number of hydrogen-bond donors (Lipinski definition) is 2. The second-order valence-corrected chi connectivity index (χ2v) is 3.89. The Morgan fingerprint density at radius 2 is 1.81 bits per heavy atom. The maximum Gasteiger partial charge on any atom is 0.311 e. The number of carboxylic acid groups (broad SMARTS) is 2. The van der Waals surface area contributed by atoms with Gasteiger partial charge in [-0.2, -0.15) is 0 Å². The third kappa shape index (κ3) is 4.96. The van der Waals surface area contributed by atoms with E-state index in [1.165, 1.54) is 6.08 Å². The molecule has 0 radical (unpaired) electrons. The predicted molar refractivity (Wildman–Crippen MR) is 61.2 cm³/mol. The topological polar surface area (TPSA) is 74.6 Å². The molecule has 0 aliphatic rings. The van der Waals surface area contributed by atoms with E-state index in [4.69, 9.17) is 10.2 Å². The summed E-state index contributed by atoms with van der Waals surface area (Å²) in [4.78, 5) is 21.8. The van der Waals surface area contributed by atoms with Crippen molar-refractivity contribution in [3.8, 4) is 0 Å². The van der Waals surface area contributed by atoms with Crippen LogP contribution in [0.2, 0.25) is 0 Å². The minimum Gasteiger partial charge on any atom is -0.481 e. The number of aliphatic carboxylic acids is 2. The third-order valence-electron chi connectivity index (χ3n) is 2.66. The lowest BCUT2D eigenvalue weighted by Gasteiger charge is -2.16. The highest BCUT2D eigenvalue weighted by Crippen LogP contribution is 2.21. The van der Waals surface area contributed by atoms with Crippen molar-refractivity contribution >= 4 is 11.9 Å². The Balaban J connectivity index is 4.31. The Morgan fingerprint density at radius 1 is 1.19 bits per heavy atom. The van der Waals surface area contributed by atoms with Gasteiger partial charge in [0.05, 0.1) is 11.8 Å². The summed E-state index contributed by atoms with van der Waals surface area (Å²) in [5.41, 5.74) is 0. The van der Waals surface area contributed by atoms with Gasteiger partial charge in [0, 0.05) is 0 Å². The average Bonchev–Trinajstić information content (AvgIpc) is 2.21. The lowest BCUT2D eigenvalue weighted by molar-refractivity contribution is -0.152. The summed E-state index contributed by atoms with van der Waals surface area (Å²) in [5, 5.41) is 17.8. The molecule has 0 amide bonds. The van der Waals surface area contributed by atoms with Crippen molar-refractivity contribution in [3.05, 3.63) is 12.7 Å². The molecule has 0 aromatic rings. The highest BCUT2D eigenvalue weighted by atomic mass is 16.4. The van der Waals surface area contributed by atoms with Crippen LogP contribution in [0.4, 0.5) is 0 Å². The van der Waals surface area contributed by atoms with Crippen LogP contribution < -0.4 is 0 Å². The lowest BCUT2D eigenvalue weighted by atomic mass is 9.87. The normalized spacial score (nSPS) is 14.1. The van der Waals surface area contributed by atoms with Crippen LogP contribution in [0.25, 0.3) is 0 Å². The van der Waals surface area contributed by atoms with E-state index in [9.17, 15) is 9.59 Å². The molecule has 0 spiro atoms. The van der Waals surface area contributed by atoms with E-state index in [1.807, 2.05) is 0 Å². The smallest absolute Gasteiger partial charge is 0.311 e. The van der Waals surface area contributed by atoms with Crippen LogP contribution in [0.5, 0.6) is 0 Å². The van der Waals surface area contributed by atoms with Crippen molar-refractivity contribution in [1.29, 1.82) is 0 Å². The Hall–Kier alpha value is -1.32. The first-order chi connectivity index (χ1) is 7.54.